The average Bonchev–Trinajstić information content (AvgIpc) is 2.54. The van der Waals surface area contributed by atoms with Gasteiger partial charge in [-0.2, -0.15) is 0 Å². The predicted molar refractivity (Wildman–Crippen MR) is 87.4 cm³/mol. The van der Waals surface area contributed by atoms with E-state index in [0.29, 0.717) is 5.69 Å². The third kappa shape index (κ3) is 3.46. The third-order valence-corrected chi connectivity index (χ3v) is 3.41. The van der Waals surface area contributed by atoms with Gasteiger partial charge in [-0.15, -0.1) is 0 Å². The number of benzene rings is 2. The van der Waals surface area contributed by atoms with E-state index in [1.165, 1.54) is 0 Å². The number of anilines is 2. The molecule has 1 amide bonds. The molecule has 0 saturated heterocycles. The first kappa shape index (κ1) is 16.9. The van der Waals surface area contributed by atoms with Gasteiger partial charge in [0.15, 0.2) is 5.69 Å². The molecule has 0 heterocycles. The molecular formula is C15H14N4O5. The second kappa shape index (κ2) is 6.73. The fraction of sp³-hybridized carbons (Fsp3) is 0.133. The maximum Gasteiger partial charge on any atom is 0.300 e. The van der Waals surface area contributed by atoms with Gasteiger partial charge in [0.1, 0.15) is 0 Å². The Morgan fingerprint density at radius 1 is 1.08 bits per heavy atom. The summed E-state index contributed by atoms with van der Waals surface area (Å²) >= 11 is 0. The maximum atomic E-state index is 11.3. The Hall–Kier alpha value is -3.49. The lowest BCUT2D eigenvalue weighted by Gasteiger charge is -2.09. The number of nitrogens with one attached hydrogen (secondary N) is 1. The molecule has 0 spiro atoms. The number of nitro groups is 2. The number of aryl methyl sites for hydroxylation is 1. The van der Waals surface area contributed by atoms with Crippen molar-refractivity contribution in [2.75, 3.05) is 5.32 Å². The van der Waals surface area contributed by atoms with Crippen LogP contribution in [0.25, 0.3) is 0 Å². The lowest BCUT2D eigenvalue weighted by Crippen LogP contribution is -2.13. The van der Waals surface area contributed by atoms with Crippen LogP contribution < -0.4 is 11.1 Å². The van der Waals surface area contributed by atoms with E-state index in [4.69, 9.17) is 5.73 Å². The van der Waals surface area contributed by atoms with Gasteiger partial charge in [0.25, 0.3) is 0 Å². The Balaban J connectivity index is 2.58. The van der Waals surface area contributed by atoms with Crippen molar-refractivity contribution in [3.8, 4) is 0 Å². The number of nitro benzene ring substituents is 2. The van der Waals surface area contributed by atoms with E-state index >= 15 is 0 Å². The fourth-order valence-electron chi connectivity index (χ4n) is 2.14. The van der Waals surface area contributed by atoms with Crippen LogP contribution in [0.5, 0.6) is 0 Å². The number of hydrogen-bond acceptors (Lipinski definition) is 6. The van der Waals surface area contributed by atoms with E-state index in [-0.39, 0.29) is 11.3 Å². The maximum absolute atomic E-state index is 11.3. The standard InChI is InChI=1S/C15H14N4O5/c1-2-9-3-5-11(6-4-9)17-14-12(18(21)22)7-10(15(16)20)8-13(14)19(23)24/h3-8,17H,2H2,1H3,(H2,16,20). The van der Waals surface area contributed by atoms with Gasteiger partial charge >= 0.3 is 11.4 Å². The van der Waals surface area contributed by atoms with Crippen LogP contribution in [0.15, 0.2) is 36.4 Å². The van der Waals surface area contributed by atoms with Crippen molar-refractivity contribution in [3.05, 3.63) is 67.8 Å². The van der Waals surface area contributed by atoms with Crippen molar-refractivity contribution in [2.24, 2.45) is 5.73 Å². The van der Waals surface area contributed by atoms with Crippen LogP contribution in [0.1, 0.15) is 22.8 Å². The number of primary amides is 1. The lowest BCUT2D eigenvalue weighted by molar-refractivity contribution is -0.392. The highest BCUT2D eigenvalue weighted by Crippen LogP contribution is 2.37. The second-order valence-electron chi connectivity index (χ2n) is 4.94. The summed E-state index contributed by atoms with van der Waals surface area (Å²) in [6.07, 6.45) is 0.813. The number of carbonyl (C=O) groups excluding carboxylic acids is 1. The highest BCUT2D eigenvalue weighted by Gasteiger charge is 2.28. The van der Waals surface area contributed by atoms with Crippen LogP contribution in [0.3, 0.4) is 0 Å². The second-order valence-corrected chi connectivity index (χ2v) is 4.94. The molecule has 124 valence electrons. The molecule has 0 fully saturated rings. The van der Waals surface area contributed by atoms with Crippen molar-refractivity contribution in [2.45, 2.75) is 13.3 Å². The van der Waals surface area contributed by atoms with Gasteiger partial charge in [0.2, 0.25) is 5.91 Å². The van der Waals surface area contributed by atoms with Gasteiger partial charge in [-0.3, -0.25) is 25.0 Å². The molecule has 9 nitrogen and oxygen atoms in total. The topological polar surface area (TPSA) is 141 Å². The Labute approximate surface area is 136 Å². The van der Waals surface area contributed by atoms with Crippen LogP contribution >= 0.6 is 0 Å². The van der Waals surface area contributed by atoms with E-state index < -0.39 is 27.1 Å². The number of carbonyl (C=O) groups is 1. The van der Waals surface area contributed by atoms with Crippen molar-refractivity contribution < 1.29 is 14.6 Å². The summed E-state index contributed by atoms with van der Waals surface area (Å²) in [6.45, 7) is 1.97. The number of nitrogens with zero attached hydrogens (tertiary/aromatic N) is 2. The molecule has 0 unspecified atom stereocenters. The number of nitrogens with two attached hydrogens (primary N) is 1. The Morgan fingerprint density at radius 3 is 1.96 bits per heavy atom. The molecule has 0 aliphatic rings. The lowest BCUT2D eigenvalue weighted by atomic mass is 10.1. The molecule has 2 rings (SSSR count). The monoisotopic (exact) mass is 330 g/mol. The summed E-state index contributed by atoms with van der Waals surface area (Å²) in [6, 6.07) is 8.76. The summed E-state index contributed by atoms with van der Waals surface area (Å²) in [4.78, 5) is 32.1. The summed E-state index contributed by atoms with van der Waals surface area (Å²) in [7, 11) is 0. The molecule has 0 saturated carbocycles. The van der Waals surface area contributed by atoms with Crippen LogP contribution in [0.4, 0.5) is 22.7 Å². The minimum absolute atomic E-state index is 0.305. The quantitative estimate of drug-likeness (QED) is 0.616. The van der Waals surface area contributed by atoms with Gasteiger partial charge in [0.05, 0.1) is 15.4 Å². The normalized spacial score (nSPS) is 10.2. The summed E-state index contributed by atoms with van der Waals surface area (Å²) in [5.74, 6) is -0.986. The molecule has 0 atom stereocenters. The predicted octanol–water partition coefficient (Wildman–Crippen LogP) is 2.91. The van der Waals surface area contributed by atoms with Crippen LogP contribution in [0.2, 0.25) is 0 Å². The van der Waals surface area contributed by atoms with E-state index in [2.05, 4.69) is 5.32 Å². The van der Waals surface area contributed by atoms with Crippen LogP contribution in [0, 0.1) is 20.2 Å². The van der Waals surface area contributed by atoms with Crippen molar-refractivity contribution >= 4 is 28.7 Å². The molecule has 9 heteroatoms. The van der Waals surface area contributed by atoms with E-state index in [0.717, 1.165) is 24.1 Å². The average molecular weight is 330 g/mol. The largest absolute Gasteiger partial charge is 0.366 e. The Morgan fingerprint density at radius 2 is 1.58 bits per heavy atom. The molecular weight excluding hydrogens is 316 g/mol. The van der Waals surface area contributed by atoms with Gasteiger partial charge in [0, 0.05) is 17.8 Å². The number of amides is 1. The Bertz CT molecular complexity index is 782. The first-order chi connectivity index (χ1) is 11.3. The van der Waals surface area contributed by atoms with E-state index in [9.17, 15) is 25.0 Å². The molecule has 0 aliphatic heterocycles. The zero-order chi connectivity index (χ0) is 17.9. The molecule has 2 aromatic rings. The summed E-state index contributed by atoms with van der Waals surface area (Å²) in [5, 5.41) is 25.2. The van der Waals surface area contributed by atoms with E-state index in [1.54, 1.807) is 24.3 Å². The third-order valence-electron chi connectivity index (χ3n) is 3.41. The highest BCUT2D eigenvalue weighted by molar-refractivity contribution is 5.96. The van der Waals surface area contributed by atoms with Crippen molar-refractivity contribution in [1.29, 1.82) is 0 Å². The van der Waals surface area contributed by atoms with E-state index in [1.807, 2.05) is 6.92 Å². The van der Waals surface area contributed by atoms with Gasteiger partial charge in [-0.25, -0.2) is 0 Å². The minimum Gasteiger partial charge on any atom is -0.366 e. The highest BCUT2D eigenvalue weighted by atomic mass is 16.6. The zero-order valence-electron chi connectivity index (χ0n) is 12.7. The molecule has 0 radical (unpaired) electrons. The first-order valence-corrected chi connectivity index (χ1v) is 6.96. The fourth-order valence-corrected chi connectivity index (χ4v) is 2.14. The number of hydrogen-bond donors (Lipinski definition) is 2. The SMILES string of the molecule is CCc1ccc(Nc2c([N+](=O)[O-])cc(C(N)=O)cc2[N+](=O)[O-])cc1. The van der Waals surface area contributed by atoms with Crippen molar-refractivity contribution in [3.63, 3.8) is 0 Å². The molecule has 2 aromatic carbocycles. The minimum atomic E-state index is -0.986. The van der Waals surface area contributed by atoms with Gasteiger partial charge < -0.3 is 11.1 Å². The molecule has 24 heavy (non-hydrogen) atoms. The summed E-state index contributed by atoms with van der Waals surface area (Å²) < 4.78 is 0. The van der Waals surface area contributed by atoms with Gasteiger partial charge in [-0.1, -0.05) is 19.1 Å². The van der Waals surface area contributed by atoms with Gasteiger partial charge in [-0.05, 0) is 24.1 Å². The first-order valence-electron chi connectivity index (χ1n) is 6.96. The van der Waals surface area contributed by atoms with Crippen LogP contribution in [-0.4, -0.2) is 15.8 Å². The van der Waals surface area contributed by atoms with Crippen molar-refractivity contribution in [1.82, 2.24) is 0 Å². The smallest absolute Gasteiger partial charge is 0.300 e. The Kier molecular flexibility index (Phi) is 4.73. The number of rotatable bonds is 6. The van der Waals surface area contributed by atoms with Crippen LogP contribution in [-0.2, 0) is 6.42 Å². The molecule has 0 bridgehead atoms. The molecule has 0 aromatic heterocycles. The molecule has 0 aliphatic carbocycles. The summed E-state index contributed by atoms with van der Waals surface area (Å²) in [5.41, 5.74) is 4.77. The zero-order valence-corrected chi connectivity index (χ0v) is 12.7. The molecule has 3 N–H and O–H groups in total.